The SMILES string of the molecule is CCNC(=N)N1C[C@@H](C(=O)N2CC[C@H](N(C(=O)C(C)C)C3CCC(C)CC3)C2)[C@H](c2ccc(Cl)cc2)C1. The fourth-order valence-corrected chi connectivity index (χ4v) is 6.57. The number of carbonyl (C=O) groups is 2. The summed E-state index contributed by atoms with van der Waals surface area (Å²) >= 11 is 6.14. The fraction of sp³-hybridized carbons (Fsp3) is 0.690. The van der Waals surface area contributed by atoms with E-state index < -0.39 is 0 Å². The molecule has 1 aromatic carbocycles. The van der Waals surface area contributed by atoms with Gasteiger partial charge in [-0.3, -0.25) is 15.0 Å². The lowest BCUT2D eigenvalue weighted by Gasteiger charge is -2.41. The van der Waals surface area contributed by atoms with Crippen molar-refractivity contribution in [3.8, 4) is 0 Å². The molecule has 2 aliphatic heterocycles. The average Bonchev–Trinajstić information content (AvgIpc) is 3.54. The Labute approximate surface area is 227 Å². The van der Waals surface area contributed by atoms with Crippen molar-refractivity contribution in [2.24, 2.45) is 17.8 Å². The van der Waals surface area contributed by atoms with Crippen LogP contribution in [0, 0.1) is 23.2 Å². The third-order valence-corrected chi connectivity index (χ3v) is 8.84. The molecule has 204 valence electrons. The van der Waals surface area contributed by atoms with Crippen LogP contribution in [0.25, 0.3) is 0 Å². The first-order valence-corrected chi connectivity index (χ1v) is 14.5. The van der Waals surface area contributed by atoms with Crippen molar-refractivity contribution in [1.29, 1.82) is 5.41 Å². The molecule has 0 radical (unpaired) electrons. The minimum Gasteiger partial charge on any atom is -0.357 e. The number of benzene rings is 1. The van der Waals surface area contributed by atoms with E-state index in [4.69, 9.17) is 17.0 Å². The number of hydrogen-bond donors (Lipinski definition) is 2. The van der Waals surface area contributed by atoms with Crippen LogP contribution in [-0.4, -0.2) is 77.3 Å². The van der Waals surface area contributed by atoms with E-state index in [9.17, 15) is 9.59 Å². The molecule has 37 heavy (non-hydrogen) atoms. The molecular weight excluding hydrogens is 486 g/mol. The predicted molar refractivity (Wildman–Crippen MR) is 149 cm³/mol. The molecule has 3 atom stereocenters. The summed E-state index contributed by atoms with van der Waals surface area (Å²) in [6.07, 6.45) is 5.30. The third-order valence-electron chi connectivity index (χ3n) is 8.59. The van der Waals surface area contributed by atoms with Gasteiger partial charge in [-0.05, 0) is 62.6 Å². The molecule has 2 saturated heterocycles. The van der Waals surface area contributed by atoms with Crippen molar-refractivity contribution in [1.82, 2.24) is 20.0 Å². The summed E-state index contributed by atoms with van der Waals surface area (Å²) in [5.74, 6) is 1.19. The maximum absolute atomic E-state index is 14.0. The first kappa shape index (κ1) is 27.7. The first-order chi connectivity index (χ1) is 17.7. The van der Waals surface area contributed by atoms with Gasteiger partial charge in [0.1, 0.15) is 0 Å². The van der Waals surface area contributed by atoms with E-state index in [0.717, 1.165) is 30.7 Å². The highest BCUT2D eigenvalue weighted by atomic mass is 35.5. The van der Waals surface area contributed by atoms with Gasteiger partial charge in [0.25, 0.3) is 0 Å². The van der Waals surface area contributed by atoms with E-state index in [1.165, 1.54) is 12.8 Å². The number of nitrogens with zero attached hydrogens (tertiary/aromatic N) is 3. The van der Waals surface area contributed by atoms with E-state index in [1.807, 2.05) is 54.8 Å². The largest absolute Gasteiger partial charge is 0.357 e. The van der Waals surface area contributed by atoms with E-state index in [0.29, 0.717) is 43.7 Å². The molecule has 1 aromatic rings. The molecule has 1 aliphatic carbocycles. The molecule has 4 rings (SSSR count). The Bertz CT molecular complexity index is 960. The van der Waals surface area contributed by atoms with Gasteiger partial charge in [-0.25, -0.2) is 0 Å². The zero-order valence-corrected chi connectivity index (χ0v) is 23.6. The van der Waals surface area contributed by atoms with Crippen LogP contribution in [0.15, 0.2) is 24.3 Å². The standard InChI is InChI=1S/C29H44ClN5O2/c1-5-32-29(31)34-17-25(21-8-10-22(30)11-9-21)26(18-34)28(37)33-15-14-24(16-33)35(27(36)19(2)3)23-12-6-20(4)7-13-23/h8-11,19-20,23-26H,5-7,12-18H2,1-4H3,(H2,31,32)/t20?,23?,24-,25-,26+/m0/s1. The summed E-state index contributed by atoms with van der Waals surface area (Å²) in [6.45, 7) is 11.4. The van der Waals surface area contributed by atoms with Crippen LogP contribution < -0.4 is 5.32 Å². The maximum atomic E-state index is 14.0. The molecule has 3 fully saturated rings. The zero-order valence-electron chi connectivity index (χ0n) is 22.9. The number of halogens is 1. The molecule has 7 nitrogen and oxygen atoms in total. The molecule has 3 aliphatic rings. The van der Waals surface area contributed by atoms with E-state index in [2.05, 4.69) is 17.1 Å². The fourth-order valence-electron chi connectivity index (χ4n) is 6.44. The molecule has 0 spiro atoms. The molecule has 1 saturated carbocycles. The molecule has 0 aromatic heterocycles. The van der Waals surface area contributed by atoms with E-state index in [-0.39, 0.29) is 41.7 Å². The van der Waals surface area contributed by atoms with Gasteiger partial charge in [-0.1, -0.05) is 44.5 Å². The number of nitrogens with one attached hydrogen (secondary N) is 2. The molecule has 2 amide bonds. The van der Waals surface area contributed by atoms with Gasteiger partial charge in [0.05, 0.1) is 12.0 Å². The monoisotopic (exact) mass is 529 g/mol. The minimum absolute atomic E-state index is 0.00365. The van der Waals surface area contributed by atoms with Crippen LogP contribution in [-0.2, 0) is 9.59 Å². The van der Waals surface area contributed by atoms with Gasteiger partial charge < -0.3 is 20.0 Å². The number of amides is 2. The first-order valence-electron chi connectivity index (χ1n) is 14.1. The third kappa shape index (κ3) is 6.24. The van der Waals surface area contributed by atoms with Crippen molar-refractivity contribution < 1.29 is 9.59 Å². The second-order valence-electron chi connectivity index (χ2n) is 11.6. The predicted octanol–water partition coefficient (Wildman–Crippen LogP) is 4.56. The van der Waals surface area contributed by atoms with Gasteiger partial charge in [0.2, 0.25) is 11.8 Å². The lowest BCUT2D eigenvalue weighted by atomic mass is 9.85. The van der Waals surface area contributed by atoms with E-state index in [1.54, 1.807) is 0 Å². The highest BCUT2D eigenvalue weighted by molar-refractivity contribution is 6.30. The van der Waals surface area contributed by atoms with Crippen LogP contribution in [0.3, 0.4) is 0 Å². The van der Waals surface area contributed by atoms with Gasteiger partial charge in [0, 0.05) is 55.6 Å². The Balaban J connectivity index is 1.51. The molecule has 2 heterocycles. The summed E-state index contributed by atoms with van der Waals surface area (Å²) in [6, 6.07) is 8.15. The normalized spacial score (nSPS) is 28.0. The van der Waals surface area contributed by atoms with Crippen LogP contribution in [0.2, 0.25) is 5.02 Å². The quantitative estimate of drug-likeness (QED) is 0.418. The second kappa shape index (κ2) is 12.1. The second-order valence-corrected chi connectivity index (χ2v) is 12.0. The smallest absolute Gasteiger partial charge is 0.228 e. The molecular formula is C29H44ClN5O2. The molecule has 8 heteroatoms. The summed E-state index contributed by atoms with van der Waals surface area (Å²) in [5.41, 5.74) is 1.08. The topological polar surface area (TPSA) is 79.7 Å². The highest BCUT2D eigenvalue weighted by Gasteiger charge is 2.44. The van der Waals surface area contributed by atoms with Gasteiger partial charge >= 0.3 is 0 Å². The lowest BCUT2D eigenvalue weighted by molar-refractivity contribution is -0.142. The van der Waals surface area contributed by atoms with Crippen molar-refractivity contribution in [2.45, 2.75) is 77.8 Å². The summed E-state index contributed by atoms with van der Waals surface area (Å²) in [7, 11) is 0. The zero-order chi connectivity index (χ0) is 26.7. The molecule has 0 unspecified atom stereocenters. The van der Waals surface area contributed by atoms with Crippen LogP contribution in [0.1, 0.15) is 71.3 Å². The Morgan fingerprint density at radius 3 is 2.32 bits per heavy atom. The van der Waals surface area contributed by atoms with Crippen molar-refractivity contribution in [3.05, 3.63) is 34.9 Å². The lowest BCUT2D eigenvalue weighted by Crippen LogP contribution is -2.51. The average molecular weight is 530 g/mol. The van der Waals surface area contributed by atoms with Crippen molar-refractivity contribution >= 4 is 29.4 Å². The summed E-state index contributed by atoms with van der Waals surface area (Å²) < 4.78 is 0. The number of carbonyl (C=O) groups excluding carboxylic acids is 2. The Hall–Kier alpha value is -2.28. The number of rotatable bonds is 6. The maximum Gasteiger partial charge on any atom is 0.228 e. The molecule has 0 bridgehead atoms. The van der Waals surface area contributed by atoms with Gasteiger partial charge in [0.15, 0.2) is 5.96 Å². The van der Waals surface area contributed by atoms with Crippen molar-refractivity contribution in [3.63, 3.8) is 0 Å². The highest BCUT2D eigenvalue weighted by Crippen LogP contribution is 2.36. The summed E-state index contributed by atoms with van der Waals surface area (Å²) in [5, 5.41) is 12.2. The number of guanidine groups is 1. The Morgan fingerprint density at radius 2 is 1.70 bits per heavy atom. The van der Waals surface area contributed by atoms with Crippen LogP contribution in [0.4, 0.5) is 0 Å². The Morgan fingerprint density at radius 1 is 1.03 bits per heavy atom. The van der Waals surface area contributed by atoms with E-state index >= 15 is 0 Å². The minimum atomic E-state index is -0.233. The van der Waals surface area contributed by atoms with Gasteiger partial charge in [-0.15, -0.1) is 0 Å². The number of hydrogen-bond acceptors (Lipinski definition) is 3. The summed E-state index contributed by atoms with van der Waals surface area (Å²) in [4.78, 5) is 33.5. The van der Waals surface area contributed by atoms with Crippen LogP contribution >= 0.6 is 11.6 Å². The Kier molecular flexibility index (Phi) is 9.04. The number of likely N-dealkylation sites (tertiary alicyclic amines) is 2. The van der Waals surface area contributed by atoms with Crippen LogP contribution in [0.5, 0.6) is 0 Å². The van der Waals surface area contributed by atoms with Crippen molar-refractivity contribution in [2.75, 3.05) is 32.7 Å². The van der Waals surface area contributed by atoms with Gasteiger partial charge in [-0.2, -0.15) is 0 Å². The molecule has 2 N–H and O–H groups in total.